The highest BCUT2D eigenvalue weighted by Gasteiger charge is 2.24. The van der Waals surface area contributed by atoms with Crippen LogP contribution in [0.1, 0.15) is 26.2 Å². The Hall–Kier alpha value is -1.91. The molecule has 0 aromatic heterocycles. The molecular weight excluding hydrogens is 312 g/mol. The summed E-state index contributed by atoms with van der Waals surface area (Å²) < 4.78 is 5.35. The van der Waals surface area contributed by atoms with Crippen LogP contribution in [0.3, 0.4) is 0 Å². The van der Waals surface area contributed by atoms with Crippen LogP contribution in [-0.4, -0.2) is 57.7 Å². The number of hydrogen-bond acceptors (Lipinski definition) is 3. The van der Waals surface area contributed by atoms with Crippen LogP contribution in [0.5, 0.6) is 5.75 Å². The summed E-state index contributed by atoms with van der Waals surface area (Å²) in [5, 5.41) is 3.62. The van der Waals surface area contributed by atoms with E-state index in [1.54, 1.807) is 7.11 Å². The van der Waals surface area contributed by atoms with E-state index in [2.05, 4.69) is 45.2 Å². The molecule has 2 heterocycles. The van der Waals surface area contributed by atoms with Crippen molar-refractivity contribution in [3.8, 4) is 5.75 Å². The molecule has 0 aliphatic carbocycles. The largest absolute Gasteiger partial charge is 0.497 e. The predicted molar refractivity (Wildman–Crippen MR) is 105 cm³/mol. The number of guanidine groups is 1. The smallest absolute Gasteiger partial charge is 0.193 e. The lowest BCUT2D eigenvalue weighted by Gasteiger charge is -2.34. The van der Waals surface area contributed by atoms with Crippen LogP contribution < -0.4 is 15.0 Å². The lowest BCUT2D eigenvalue weighted by atomic mass is 10.0. The van der Waals surface area contributed by atoms with E-state index < -0.39 is 0 Å². The minimum Gasteiger partial charge on any atom is -0.497 e. The van der Waals surface area contributed by atoms with Gasteiger partial charge in [-0.3, -0.25) is 4.99 Å². The predicted octanol–water partition coefficient (Wildman–Crippen LogP) is 2.83. The Labute approximate surface area is 152 Å². The van der Waals surface area contributed by atoms with E-state index in [9.17, 15) is 0 Å². The molecule has 0 spiro atoms. The van der Waals surface area contributed by atoms with Gasteiger partial charge >= 0.3 is 0 Å². The molecule has 2 atom stereocenters. The second kappa shape index (κ2) is 8.45. The van der Waals surface area contributed by atoms with Crippen LogP contribution in [0.2, 0.25) is 0 Å². The van der Waals surface area contributed by atoms with Crippen molar-refractivity contribution in [2.24, 2.45) is 16.8 Å². The van der Waals surface area contributed by atoms with Crippen molar-refractivity contribution in [1.82, 2.24) is 10.2 Å². The zero-order valence-electron chi connectivity index (χ0n) is 15.9. The molecule has 1 N–H and O–H groups in total. The first-order chi connectivity index (χ1) is 12.2. The van der Waals surface area contributed by atoms with Gasteiger partial charge in [0.15, 0.2) is 5.96 Å². The molecular formula is C20H32N4O. The Balaban J connectivity index is 1.50. The van der Waals surface area contributed by atoms with Crippen LogP contribution in [0.4, 0.5) is 5.69 Å². The minimum absolute atomic E-state index is 0.658. The molecule has 1 aromatic rings. The molecule has 2 aliphatic rings. The molecule has 2 unspecified atom stereocenters. The first-order valence-corrected chi connectivity index (χ1v) is 9.54. The Bertz CT molecular complexity index is 589. The summed E-state index contributed by atoms with van der Waals surface area (Å²) in [6, 6.07) is 8.37. The normalized spacial score (nSPS) is 24.5. The van der Waals surface area contributed by atoms with Gasteiger partial charge in [-0.05, 0) is 43.2 Å². The maximum atomic E-state index is 5.35. The molecule has 0 saturated carbocycles. The van der Waals surface area contributed by atoms with E-state index in [0.29, 0.717) is 5.92 Å². The van der Waals surface area contributed by atoms with Crippen LogP contribution in [0.25, 0.3) is 0 Å². The van der Waals surface area contributed by atoms with Gasteiger partial charge in [0.2, 0.25) is 0 Å². The number of nitrogens with one attached hydrogen (secondary N) is 1. The SMILES string of the molecule is CN=C(NCC1CCN(c2cccc(OC)c2)C1)N1CCCC(C)C1. The lowest BCUT2D eigenvalue weighted by Crippen LogP contribution is -2.47. The monoisotopic (exact) mass is 344 g/mol. The summed E-state index contributed by atoms with van der Waals surface area (Å²) in [6.07, 6.45) is 3.83. The second-order valence-electron chi connectivity index (χ2n) is 7.42. The number of benzene rings is 1. The van der Waals surface area contributed by atoms with Gasteiger partial charge in [-0.2, -0.15) is 0 Å². The molecule has 1 aromatic carbocycles. The molecule has 0 amide bonds. The van der Waals surface area contributed by atoms with Gasteiger partial charge in [-0.1, -0.05) is 13.0 Å². The number of methoxy groups -OCH3 is 1. The molecule has 0 radical (unpaired) electrons. The van der Waals surface area contributed by atoms with Crippen LogP contribution in [0, 0.1) is 11.8 Å². The quantitative estimate of drug-likeness (QED) is 0.673. The van der Waals surface area contributed by atoms with Crippen molar-refractivity contribution in [2.75, 3.05) is 51.8 Å². The molecule has 2 fully saturated rings. The summed E-state index contributed by atoms with van der Waals surface area (Å²) >= 11 is 0. The fourth-order valence-electron chi connectivity index (χ4n) is 3.99. The van der Waals surface area contributed by atoms with Gasteiger partial charge in [0.1, 0.15) is 5.75 Å². The summed E-state index contributed by atoms with van der Waals surface area (Å²) in [7, 11) is 3.63. The van der Waals surface area contributed by atoms with E-state index in [4.69, 9.17) is 4.74 Å². The third-order valence-electron chi connectivity index (χ3n) is 5.42. The number of nitrogens with zero attached hydrogens (tertiary/aromatic N) is 3. The molecule has 2 aliphatic heterocycles. The number of anilines is 1. The summed E-state index contributed by atoms with van der Waals surface area (Å²) in [5.74, 6) is 3.43. The average molecular weight is 345 g/mol. The van der Waals surface area contributed by atoms with E-state index in [-0.39, 0.29) is 0 Å². The Morgan fingerprint density at radius 1 is 1.28 bits per heavy atom. The summed E-state index contributed by atoms with van der Waals surface area (Å²) in [6.45, 7) is 7.79. The highest BCUT2D eigenvalue weighted by molar-refractivity contribution is 5.80. The van der Waals surface area contributed by atoms with Crippen LogP contribution >= 0.6 is 0 Å². The fourth-order valence-corrected chi connectivity index (χ4v) is 3.99. The van der Waals surface area contributed by atoms with Crippen molar-refractivity contribution in [1.29, 1.82) is 0 Å². The number of likely N-dealkylation sites (tertiary alicyclic amines) is 1. The number of aliphatic imine (C=N–C) groups is 1. The van der Waals surface area contributed by atoms with Crippen LogP contribution in [0.15, 0.2) is 29.3 Å². The lowest BCUT2D eigenvalue weighted by molar-refractivity contribution is 0.265. The maximum absolute atomic E-state index is 5.35. The van der Waals surface area contributed by atoms with Crippen molar-refractivity contribution >= 4 is 11.6 Å². The first-order valence-electron chi connectivity index (χ1n) is 9.54. The van der Waals surface area contributed by atoms with E-state index in [1.807, 2.05) is 13.1 Å². The van der Waals surface area contributed by atoms with Crippen molar-refractivity contribution < 1.29 is 4.74 Å². The molecule has 0 bridgehead atoms. The van der Waals surface area contributed by atoms with Crippen molar-refractivity contribution in [3.05, 3.63) is 24.3 Å². The van der Waals surface area contributed by atoms with Gasteiger partial charge in [0.05, 0.1) is 7.11 Å². The number of hydrogen-bond donors (Lipinski definition) is 1. The summed E-state index contributed by atoms with van der Waals surface area (Å²) in [5.41, 5.74) is 1.26. The molecule has 2 saturated heterocycles. The van der Waals surface area contributed by atoms with Gasteiger partial charge in [0.25, 0.3) is 0 Å². The van der Waals surface area contributed by atoms with Gasteiger partial charge < -0.3 is 19.9 Å². The Morgan fingerprint density at radius 2 is 2.16 bits per heavy atom. The van der Waals surface area contributed by atoms with E-state index >= 15 is 0 Å². The van der Waals surface area contributed by atoms with Crippen LogP contribution in [-0.2, 0) is 0 Å². The van der Waals surface area contributed by atoms with Gasteiger partial charge in [-0.25, -0.2) is 0 Å². The average Bonchev–Trinajstić information content (AvgIpc) is 3.11. The number of rotatable bonds is 4. The van der Waals surface area contributed by atoms with Crippen molar-refractivity contribution in [3.63, 3.8) is 0 Å². The molecule has 5 nitrogen and oxygen atoms in total. The number of piperidine rings is 1. The van der Waals surface area contributed by atoms with Crippen molar-refractivity contribution in [2.45, 2.75) is 26.2 Å². The summed E-state index contributed by atoms with van der Waals surface area (Å²) in [4.78, 5) is 9.39. The Morgan fingerprint density at radius 3 is 2.92 bits per heavy atom. The minimum atomic E-state index is 0.658. The topological polar surface area (TPSA) is 40.1 Å². The Kier molecular flexibility index (Phi) is 6.05. The van der Waals surface area contributed by atoms with E-state index in [0.717, 1.165) is 50.4 Å². The zero-order chi connectivity index (χ0) is 17.6. The zero-order valence-corrected chi connectivity index (χ0v) is 15.9. The maximum Gasteiger partial charge on any atom is 0.193 e. The molecule has 3 rings (SSSR count). The van der Waals surface area contributed by atoms with E-state index in [1.165, 1.54) is 24.9 Å². The fraction of sp³-hybridized carbons (Fsp3) is 0.650. The number of ether oxygens (including phenoxy) is 1. The molecule has 138 valence electrons. The molecule has 25 heavy (non-hydrogen) atoms. The first kappa shape index (κ1) is 17.9. The highest BCUT2D eigenvalue weighted by Crippen LogP contribution is 2.26. The second-order valence-corrected chi connectivity index (χ2v) is 7.42. The highest BCUT2D eigenvalue weighted by atomic mass is 16.5. The third kappa shape index (κ3) is 4.59. The third-order valence-corrected chi connectivity index (χ3v) is 5.42. The standard InChI is InChI=1S/C20H32N4O/c1-16-6-5-10-24(14-16)20(21-2)22-13-17-9-11-23(15-17)18-7-4-8-19(12-18)25-3/h4,7-8,12,16-17H,5-6,9-11,13-15H2,1-3H3,(H,21,22). The van der Waals surface area contributed by atoms with Gasteiger partial charge in [0, 0.05) is 51.5 Å². The molecule has 5 heteroatoms. The van der Waals surface area contributed by atoms with Gasteiger partial charge in [-0.15, -0.1) is 0 Å².